The fraction of sp³-hybridized carbons (Fsp3) is 0.455. The lowest BCUT2D eigenvalue weighted by molar-refractivity contribution is 0.115. The molecule has 6 heteroatoms. The van der Waals surface area contributed by atoms with Crippen LogP contribution in [-0.4, -0.2) is 39.9 Å². The molecule has 2 aliphatic carbocycles. The number of imidazole rings is 1. The van der Waals surface area contributed by atoms with Gasteiger partial charge in [0.1, 0.15) is 6.61 Å². The number of anilines is 1. The molecule has 0 radical (unpaired) electrons. The smallest absolute Gasteiger partial charge is 0.415 e. The second-order valence-corrected chi connectivity index (χ2v) is 8.06. The first-order valence-electron chi connectivity index (χ1n) is 10.2. The molecule has 1 aliphatic heterocycles. The molecule has 1 amide bonds. The number of cyclic esters (lactones) is 1. The van der Waals surface area contributed by atoms with Gasteiger partial charge in [0.25, 0.3) is 0 Å². The predicted molar refractivity (Wildman–Crippen MR) is 107 cm³/mol. The van der Waals surface area contributed by atoms with Crippen molar-refractivity contribution in [3.8, 4) is 0 Å². The molecule has 2 aromatic rings. The number of allylic oxidation sites excluding steroid dienone is 3. The second kappa shape index (κ2) is 7.09. The zero-order chi connectivity index (χ0) is 19.1. The van der Waals surface area contributed by atoms with E-state index in [1.165, 1.54) is 11.1 Å². The van der Waals surface area contributed by atoms with Gasteiger partial charge in [0.05, 0.1) is 35.2 Å². The summed E-state index contributed by atoms with van der Waals surface area (Å²) in [5.41, 5.74) is 5.37. The highest BCUT2D eigenvalue weighted by Gasteiger charge is 2.37. The monoisotopic (exact) mass is 379 g/mol. The lowest BCUT2D eigenvalue weighted by Crippen LogP contribution is -2.35. The van der Waals surface area contributed by atoms with Gasteiger partial charge >= 0.3 is 6.09 Å². The highest BCUT2D eigenvalue weighted by Crippen LogP contribution is 2.37. The van der Waals surface area contributed by atoms with Gasteiger partial charge in [0, 0.05) is 0 Å². The fourth-order valence-electron chi connectivity index (χ4n) is 4.79. The van der Waals surface area contributed by atoms with Gasteiger partial charge in [0.15, 0.2) is 0 Å². The maximum atomic E-state index is 12.5. The first kappa shape index (κ1) is 17.5. The molecule has 6 nitrogen and oxygen atoms in total. The van der Waals surface area contributed by atoms with Crippen LogP contribution in [0.1, 0.15) is 38.5 Å². The van der Waals surface area contributed by atoms with E-state index in [1.807, 2.05) is 18.2 Å². The van der Waals surface area contributed by atoms with E-state index in [1.54, 1.807) is 11.2 Å². The molecule has 5 rings (SSSR count). The molecule has 0 spiro atoms. The van der Waals surface area contributed by atoms with Crippen molar-refractivity contribution in [3.05, 3.63) is 47.8 Å². The van der Waals surface area contributed by atoms with Crippen molar-refractivity contribution in [3.63, 3.8) is 0 Å². The van der Waals surface area contributed by atoms with Crippen LogP contribution in [-0.2, 0) is 4.74 Å². The Morgan fingerprint density at radius 3 is 2.68 bits per heavy atom. The number of fused-ring (bicyclic) bond motifs is 1. The predicted octanol–water partition coefficient (Wildman–Crippen LogP) is 4.09. The minimum Gasteiger partial charge on any atom is -0.447 e. The van der Waals surface area contributed by atoms with E-state index in [2.05, 4.69) is 22.1 Å². The van der Waals surface area contributed by atoms with Gasteiger partial charge < -0.3 is 14.8 Å². The lowest BCUT2D eigenvalue weighted by atomic mass is 9.78. The Labute approximate surface area is 163 Å². The molecule has 1 atom stereocenters. The Balaban J connectivity index is 1.38. The van der Waals surface area contributed by atoms with Gasteiger partial charge in [-0.1, -0.05) is 17.7 Å². The number of hydrogen-bond donors (Lipinski definition) is 2. The molecule has 1 saturated carbocycles. The highest BCUT2D eigenvalue weighted by molar-refractivity contribution is 5.93. The first-order valence-corrected chi connectivity index (χ1v) is 10.2. The van der Waals surface area contributed by atoms with Gasteiger partial charge in [-0.15, -0.1) is 0 Å². The third kappa shape index (κ3) is 3.11. The number of carbonyl (C=O) groups excluding carboxylic acids is 1. The SMILES string of the molecule is O=C1OCC(C2=CC=C(C3CCC(O)CC3)CC2)N1c1ccc2nc[nH]c2c1. The number of nitrogens with zero attached hydrogens (tertiary/aromatic N) is 2. The van der Waals surface area contributed by atoms with Crippen LogP contribution in [0, 0.1) is 5.92 Å². The fourth-order valence-corrected chi connectivity index (χ4v) is 4.79. The molecule has 1 saturated heterocycles. The van der Waals surface area contributed by atoms with E-state index in [4.69, 9.17) is 4.74 Å². The first-order chi connectivity index (χ1) is 13.7. The van der Waals surface area contributed by atoms with Gasteiger partial charge in [-0.05, 0) is 68.2 Å². The van der Waals surface area contributed by atoms with E-state index < -0.39 is 0 Å². The number of nitrogens with one attached hydrogen (secondary N) is 1. The summed E-state index contributed by atoms with van der Waals surface area (Å²) in [4.78, 5) is 21.6. The average molecular weight is 379 g/mol. The van der Waals surface area contributed by atoms with Crippen LogP contribution in [0.3, 0.4) is 0 Å². The van der Waals surface area contributed by atoms with E-state index in [-0.39, 0.29) is 18.2 Å². The maximum absolute atomic E-state index is 12.5. The third-order valence-corrected chi connectivity index (χ3v) is 6.42. The van der Waals surface area contributed by atoms with Crippen LogP contribution in [0.15, 0.2) is 47.8 Å². The molecular weight excluding hydrogens is 354 g/mol. The molecule has 3 aliphatic rings. The second-order valence-electron chi connectivity index (χ2n) is 8.06. The number of benzene rings is 1. The zero-order valence-electron chi connectivity index (χ0n) is 15.8. The summed E-state index contributed by atoms with van der Waals surface area (Å²) in [7, 11) is 0. The number of carbonyl (C=O) groups is 1. The molecule has 1 aromatic heterocycles. The van der Waals surface area contributed by atoms with Crippen LogP contribution >= 0.6 is 0 Å². The summed E-state index contributed by atoms with van der Waals surface area (Å²) < 4.78 is 5.41. The molecular formula is C22H25N3O3. The van der Waals surface area contributed by atoms with Crippen molar-refractivity contribution in [2.24, 2.45) is 5.92 Å². The van der Waals surface area contributed by atoms with Gasteiger partial charge in [-0.25, -0.2) is 9.78 Å². The number of aromatic amines is 1. The number of H-pyrrole nitrogens is 1. The topological polar surface area (TPSA) is 78.5 Å². The van der Waals surface area contributed by atoms with Crippen molar-refractivity contribution >= 4 is 22.8 Å². The molecule has 146 valence electrons. The minimum atomic E-state index is -0.291. The van der Waals surface area contributed by atoms with E-state index in [9.17, 15) is 9.90 Å². The van der Waals surface area contributed by atoms with Crippen LogP contribution < -0.4 is 4.90 Å². The van der Waals surface area contributed by atoms with Gasteiger partial charge in [-0.3, -0.25) is 4.90 Å². The quantitative estimate of drug-likeness (QED) is 0.842. The molecule has 2 heterocycles. The zero-order valence-corrected chi connectivity index (χ0v) is 15.8. The van der Waals surface area contributed by atoms with Crippen molar-refractivity contribution in [2.45, 2.75) is 50.7 Å². The Morgan fingerprint density at radius 2 is 1.89 bits per heavy atom. The third-order valence-electron chi connectivity index (χ3n) is 6.42. The van der Waals surface area contributed by atoms with Crippen molar-refractivity contribution in [2.75, 3.05) is 11.5 Å². The average Bonchev–Trinajstić information content (AvgIpc) is 3.34. The van der Waals surface area contributed by atoms with Crippen molar-refractivity contribution in [1.29, 1.82) is 0 Å². The largest absolute Gasteiger partial charge is 0.447 e. The minimum absolute atomic E-state index is 0.0566. The lowest BCUT2D eigenvalue weighted by Gasteiger charge is -2.31. The maximum Gasteiger partial charge on any atom is 0.415 e. The van der Waals surface area contributed by atoms with Crippen LogP contribution in [0.4, 0.5) is 10.5 Å². The Hall–Kier alpha value is -2.60. The number of aliphatic hydroxyl groups is 1. The summed E-state index contributed by atoms with van der Waals surface area (Å²) in [6, 6.07) is 5.76. The normalized spacial score (nSPS) is 28.2. The number of rotatable bonds is 3. The van der Waals surface area contributed by atoms with Gasteiger partial charge in [0.2, 0.25) is 0 Å². The van der Waals surface area contributed by atoms with E-state index in [0.717, 1.165) is 55.2 Å². The van der Waals surface area contributed by atoms with Crippen molar-refractivity contribution < 1.29 is 14.6 Å². The van der Waals surface area contributed by atoms with Crippen LogP contribution in [0.2, 0.25) is 0 Å². The summed E-state index contributed by atoms with van der Waals surface area (Å²) >= 11 is 0. The molecule has 2 N–H and O–H groups in total. The molecule has 0 bridgehead atoms. The summed E-state index contributed by atoms with van der Waals surface area (Å²) in [5.74, 6) is 0.599. The van der Waals surface area contributed by atoms with E-state index >= 15 is 0 Å². The number of hydrogen-bond acceptors (Lipinski definition) is 4. The Morgan fingerprint density at radius 1 is 1.11 bits per heavy atom. The molecule has 2 fully saturated rings. The Kier molecular flexibility index (Phi) is 4.43. The standard InChI is InChI=1S/C22H25N3O3/c26-18-8-5-15(6-9-18)14-1-3-16(4-2-14)21-12-28-22(27)25(21)17-7-10-19-20(11-17)24-13-23-19/h1,3,7,10-11,13,15,18,21,26H,2,4-6,8-9,12H2,(H,23,24). The highest BCUT2D eigenvalue weighted by atomic mass is 16.6. The summed E-state index contributed by atoms with van der Waals surface area (Å²) in [5, 5.41) is 9.74. The number of aromatic nitrogens is 2. The molecule has 1 unspecified atom stereocenters. The number of aliphatic hydroxyl groups excluding tert-OH is 1. The van der Waals surface area contributed by atoms with Crippen molar-refractivity contribution in [1.82, 2.24) is 9.97 Å². The summed E-state index contributed by atoms with van der Waals surface area (Å²) in [6.45, 7) is 0.393. The van der Waals surface area contributed by atoms with E-state index in [0.29, 0.717) is 12.5 Å². The van der Waals surface area contributed by atoms with Gasteiger partial charge in [-0.2, -0.15) is 0 Å². The van der Waals surface area contributed by atoms with Crippen LogP contribution in [0.5, 0.6) is 0 Å². The number of amides is 1. The van der Waals surface area contributed by atoms with Crippen LogP contribution in [0.25, 0.3) is 11.0 Å². The Bertz CT molecular complexity index is 953. The summed E-state index contributed by atoms with van der Waals surface area (Å²) in [6.07, 6.45) is 11.7. The molecule has 28 heavy (non-hydrogen) atoms. The molecule has 1 aromatic carbocycles. The number of ether oxygens (including phenoxy) is 1.